The largest absolute Gasteiger partial charge is 0.492 e. The molecule has 17 heavy (non-hydrogen) atoms. The molecule has 0 aromatic heterocycles. The fourth-order valence-electron chi connectivity index (χ4n) is 2.04. The maximum Gasteiger partial charge on any atom is 0.144 e. The summed E-state index contributed by atoms with van der Waals surface area (Å²) in [5, 5.41) is 3.46. The van der Waals surface area contributed by atoms with Gasteiger partial charge in [-0.25, -0.2) is 0 Å². The van der Waals surface area contributed by atoms with Crippen LogP contribution in [-0.2, 0) is 4.74 Å². The van der Waals surface area contributed by atoms with Gasteiger partial charge in [0.15, 0.2) is 0 Å². The molecule has 0 radical (unpaired) electrons. The van der Waals surface area contributed by atoms with E-state index >= 15 is 0 Å². The van der Waals surface area contributed by atoms with Gasteiger partial charge in [-0.2, -0.15) is 0 Å². The normalized spacial score (nSPS) is 23.6. The Morgan fingerprint density at radius 1 is 1.53 bits per heavy atom. The second kappa shape index (κ2) is 5.27. The Hall–Kier alpha value is -1.42. The summed E-state index contributed by atoms with van der Waals surface area (Å²) in [5.41, 5.74) is 7.54. The zero-order chi connectivity index (χ0) is 12.3. The number of ether oxygens (including phenoxy) is 2. The molecule has 0 aliphatic carbocycles. The van der Waals surface area contributed by atoms with Crippen LogP contribution in [0.3, 0.4) is 0 Å². The van der Waals surface area contributed by atoms with Gasteiger partial charge in [-0.15, -0.1) is 0 Å². The van der Waals surface area contributed by atoms with Gasteiger partial charge in [0, 0.05) is 18.4 Å². The van der Waals surface area contributed by atoms with Crippen molar-refractivity contribution in [3.05, 3.63) is 18.2 Å². The zero-order valence-electron chi connectivity index (χ0n) is 10.4. The first-order valence-corrected chi connectivity index (χ1v) is 6.11. The third-order valence-corrected chi connectivity index (χ3v) is 3.04. The Bertz CT molecular complexity index is 382. The first kappa shape index (κ1) is 12.0. The minimum atomic E-state index is 0.253. The number of nitrogen functional groups attached to an aromatic ring is 1. The molecular formula is C13H20N2O2. The Balaban J connectivity index is 2.07. The van der Waals surface area contributed by atoms with E-state index in [4.69, 9.17) is 15.2 Å². The average molecular weight is 236 g/mol. The molecule has 1 fully saturated rings. The van der Waals surface area contributed by atoms with E-state index in [0.717, 1.165) is 24.5 Å². The molecule has 0 spiro atoms. The molecule has 4 nitrogen and oxygen atoms in total. The summed E-state index contributed by atoms with van der Waals surface area (Å²) in [5.74, 6) is 0.740. The number of anilines is 2. The van der Waals surface area contributed by atoms with E-state index in [1.807, 2.05) is 25.1 Å². The molecule has 0 saturated carbocycles. The maximum atomic E-state index is 5.83. The molecule has 1 heterocycles. The lowest BCUT2D eigenvalue weighted by Gasteiger charge is -2.18. The van der Waals surface area contributed by atoms with E-state index in [-0.39, 0.29) is 6.10 Å². The summed E-state index contributed by atoms with van der Waals surface area (Å²) >= 11 is 0. The molecule has 3 N–H and O–H groups in total. The first-order valence-electron chi connectivity index (χ1n) is 6.11. The first-order chi connectivity index (χ1) is 8.20. The summed E-state index contributed by atoms with van der Waals surface area (Å²) in [4.78, 5) is 0. The van der Waals surface area contributed by atoms with Crippen LogP contribution in [0, 0.1) is 0 Å². The van der Waals surface area contributed by atoms with Crippen molar-refractivity contribution in [1.82, 2.24) is 0 Å². The SMILES string of the molecule is CCOc1cc(NC2CCOC2C)ccc1N. The van der Waals surface area contributed by atoms with Crippen molar-refractivity contribution < 1.29 is 9.47 Å². The molecule has 4 heteroatoms. The number of nitrogens with one attached hydrogen (secondary N) is 1. The highest BCUT2D eigenvalue weighted by molar-refractivity contribution is 5.61. The predicted octanol–water partition coefficient (Wildman–Crippen LogP) is 2.26. The molecule has 1 aliphatic rings. The van der Waals surface area contributed by atoms with Gasteiger partial charge in [-0.3, -0.25) is 0 Å². The van der Waals surface area contributed by atoms with E-state index in [2.05, 4.69) is 12.2 Å². The second-order valence-corrected chi connectivity index (χ2v) is 4.30. The van der Waals surface area contributed by atoms with Crippen LogP contribution in [0.25, 0.3) is 0 Å². The van der Waals surface area contributed by atoms with Crippen LogP contribution >= 0.6 is 0 Å². The summed E-state index contributed by atoms with van der Waals surface area (Å²) in [6, 6.07) is 6.16. The van der Waals surface area contributed by atoms with E-state index in [1.165, 1.54) is 0 Å². The summed E-state index contributed by atoms with van der Waals surface area (Å²) in [6.45, 7) is 5.49. The van der Waals surface area contributed by atoms with E-state index in [0.29, 0.717) is 18.3 Å². The molecule has 2 rings (SSSR count). The van der Waals surface area contributed by atoms with Gasteiger partial charge >= 0.3 is 0 Å². The third-order valence-electron chi connectivity index (χ3n) is 3.04. The molecule has 0 amide bonds. The monoisotopic (exact) mass is 236 g/mol. The molecule has 2 unspecified atom stereocenters. The topological polar surface area (TPSA) is 56.5 Å². The van der Waals surface area contributed by atoms with Crippen molar-refractivity contribution in [3.63, 3.8) is 0 Å². The maximum absolute atomic E-state index is 5.83. The van der Waals surface area contributed by atoms with Crippen LogP contribution in [0.5, 0.6) is 5.75 Å². The van der Waals surface area contributed by atoms with Crippen LogP contribution < -0.4 is 15.8 Å². The number of hydrogen-bond donors (Lipinski definition) is 2. The molecule has 2 atom stereocenters. The van der Waals surface area contributed by atoms with Crippen LogP contribution in [0.2, 0.25) is 0 Å². The number of benzene rings is 1. The molecule has 1 aliphatic heterocycles. The van der Waals surface area contributed by atoms with E-state index < -0.39 is 0 Å². The van der Waals surface area contributed by atoms with Crippen molar-refractivity contribution in [1.29, 1.82) is 0 Å². The van der Waals surface area contributed by atoms with Gasteiger partial charge < -0.3 is 20.5 Å². The van der Waals surface area contributed by atoms with Gasteiger partial charge in [0.25, 0.3) is 0 Å². The Morgan fingerprint density at radius 2 is 2.35 bits per heavy atom. The standard InChI is InChI=1S/C13H20N2O2/c1-3-16-13-8-10(4-5-11(13)14)15-12-6-7-17-9(12)2/h4-5,8-9,12,15H,3,6-7,14H2,1-2H3. The van der Waals surface area contributed by atoms with Crippen LogP contribution in [0.4, 0.5) is 11.4 Å². The quantitative estimate of drug-likeness (QED) is 0.787. The van der Waals surface area contributed by atoms with Crippen LogP contribution in [-0.4, -0.2) is 25.4 Å². The lowest BCUT2D eigenvalue weighted by Crippen LogP contribution is -2.26. The Kier molecular flexibility index (Phi) is 3.74. The highest BCUT2D eigenvalue weighted by Gasteiger charge is 2.23. The Labute approximate surface area is 102 Å². The molecule has 1 saturated heterocycles. The van der Waals surface area contributed by atoms with Crippen molar-refractivity contribution >= 4 is 11.4 Å². The summed E-state index contributed by atoms with van der Waals surface area (Å²) < 4.78 is 11.0. The molecular weight excluding hydrogens is 216 g/mol. The van der Waals surface area contributed by atoms with Gasteiger partial charge in [-0.05, 0) is 32.4 Å². The fraction of sp³-hybridized carbons (Fsp3) is 0.538. The highest BCUT2D eigenvalue weighted by Crippen LogP contribution is 2.27. The molecule has 1 aromatic rings. The smallest absolute Gasteiger partial charge is 0.144 e. The highest BCUT2D eigenvalue weighted by atomic mass is 16.5. The van der Waals surface area contributed by atoms with Gasteiger partial charge in [0.05, 0.1) is 24.4 Å². The molecule has 0 bridgehead atoms. The molecule has 94 valence electrons. The molecule has 1 aromatic carbocycles. The fourth-order valence-corrected chi connectivity index (χ4v) is 2.04. The van der Waals surface area contributed by atoms with Crippen molar-refractivity contribution in [3.8, 4) is 5.75 Å². The average Bonchev–Trinajstić information content (AvgIpc) is 2.70. The number of nitrogens with two attached hydrogens (primary N) is 1. The van der Waals surface area contributed by atoms with E-state index in [1.54, 1.807) is 0 Å². The second-order valence-electron chi connectivity index (χ2n) is 4.30. The summed E-state index contributed by atoms with van der Waals surface area (Å²) in [7, 11) is 0. The Morgan fingerprint density at radius 3 is 3.00 bits per heavy atom. The van der Waals surface area contributed by atoms with Crippen LogP contribution in [0.15, 0.2) is 18.2 Å². The van der Waals surface area contributed by atoms with Crippen molar-refractivity contribution in [2.24, 2.45) is 0 Å². The zero-order valence-corrected chi connectivity index (χ0v) is 10.4. The lowest BCUT2D eigenvalue weighted by atomic mass is 10.1. The number of rotatable bonds is 4. The lowest BCUT2D eigenvalue weighted by molar-refractivity contribution is 0.121. The van der Waals surface area contributed by atoms with Gasteiger partial charge in [-0.1, -0.05) is 0 Å². The van der Waals surface area contributed by atoms with Gasteiger partial charge in [0.1, 0.15) is 5.75 Å². The van der Waals surface area contributed by atoms with E-state index in [9.17, 15) is 0 Å². The minimum Gasteiger partial charge on any atom is -0.492 e. The van der Waals surface area contributed by atoms with Crippen molar-refractivity contribution in [2.45, 2.75) is 32.4 Å². The number of hydrogen-bond acceptors (Lipinski definition) is 4. The van der Waals surface area contributed by atoms with Gasteiger partial charge in [0.2, 0.25) is 0 Å². The predicted molar refractivity (Wildman–Crippen MR) is 69.5 cm³/mol. The van der Waals surface area contributed by atoms with Crippen LogP contribution in [0.1, 0.15) is 20.3 Å². The summed E-state index contributed by atoms with van der Waals surface area (Å²) in [6.07, 6.45) is 1.29. The minimum absolute atomic E-state index is 0.253. The van der Waals surface area contributed by atoms with Crippen molar-refractivity contribution in [2.75, 3.05) is 24.3 Å². The third kappa shape index (κ3) is 2.82.